The molecule has 1 aliphatic carbocycles. The van der Waals surface area contributed by atoms with Crippen molar-refractivity contribution in [3.63, 3.8) is 0 Å². The lowest BCUT2D eigenvalue weighted by molar-refractivity contribution is -0.143. The second-order valence-corrected chi connectivity index (χ2v) is 10.8. The maximum Gasteiger partial charge on any atom is 0.417 e. The molecule has 2 heterocycles. The van der Waals surface area contributed by atoms with Crippen molar-refractivity contribution in [2.75, 3.05) is 13.1 Å². The molecule has 1 unspecified atom stereocenters. The molecule has 5 rings (SSSR count). The van der Waals surface area contributed by atoms with Crippen LogP contribution in [-0.2, 0) is 23.7 Å². The predicted molar refractivity (Wildman–Crippen MR) is 135 cm³/mol. The van der Waals surface area contributed by atoms with Crippen LogP contribution in [0.2, 0.25) is 0 Å². The number of halogens is 6. The topological polar surface area (TPSA) is 104 Å². The Hall–Kier alpha value is -3.61. The lowest BCUT2D eigenvalue weighted by atomic mass is 9.64. The zero-order chi connectivity index (χ0) is 29.6. The van der Waals surface area contributed by atoms with Gasteiger partial charge in [-0.1, -0.05) is 12.8 Å². The number of oxazole rings is 1. The first-order valence-electron chi connectivity index (χ1n) is 13.2. The third-order valence-corrected chi connectivity index (χ3v) is 8.00. The maximum absolute atomic E-state index is 14.0. The number of rotatable bonds is 8. The molecular formula is C28H27F6N3O4. The molecule has 13 heteroatoms. The Morgan fingerprint density at radius 3 is 2.20 bits per heavy atom. The number of piperidine rings is 1. The number of carbonyl (C=O) groups excluding carboxylic acids is 2. The summed E-state index contributed by atoms with van der Waals surface area (Å²) in [6.45, 7) is 0.225. The highest BCUT2D eigenvalue weighted by molar-refractivity contribution is 6.03. The summed E-state index contributed by atoms with van der Waals surface area (Å²) in [7, 11) is 0. The summed E-state index contributed by atoms with van der Waals surface area (Å²) >= 11 is 0. The second kappa shape index (κ2) is 10.7. The molecule has 1 atom stereocenters. The molecule has 2 fully saturated rings. The number of benzene rings is 2. The molecule has 0 spiro atoms. The SMILES string of the molecule is O=C(c1ccc2oc(=O)[nH]c2c1)C(CC1CC1)C1(C(=O)NCc2cc(C(F)(F)F)cc(C(F)(F)F)c2)CCNCC1. The number of nitrogens with one attached hydrogen (secondary N) is 3. The molecule has 41 heavy (non-hydrogen) atoms. The van der Waals surface area contributed by atoms with Gasteiger partial charge in [-0.2, -0.15) is 26.3 Å². The van der Waals surface area contributed by atoms with Gasteiger partial charge in [0.1, 0.15) is 0 Å². The van der Waals surface area contributed by atoms with Gasteiger partial charge in [0.15, 0.2) is 11.4 Å². The number of fused-ring (bicyclic) bond motifs is 1. The van der Waals surface area contributed by atoms with E-state index in [-0.39, 0.29) is 47.3 Å². The fourth-order valence-electron chi connectivity index (χ4n) is 5.66. The molecule has 1 amide bonds. The molecule has 3 aromatic rings. The number of aromatic nitrogens is 1. The minimum absolute atomic E-state index is 0.0357. The van der Waals surface area contributed by atoms with Crippen LogP contribution in [0.15, 0.2) is 45.6 Å². The van der Waals surface area contributed by atoms with Crippen LogP contribution in [-0.4, -0.2) is 29.8 Å². The first-order chi connectivity index (χ1) is 19.3. The van der Waals surface area contributed by atoms with Crippen LogP contribution < -0.4 is 16.4 Å². The van der Waals surface area contributed by atoms with Crippen molar-refractivity contribution in [3.8, 4) is 0 Å². The third-order valence-electron chi connectivity index (χ3n) is 8.00. The van der Waals surface area contributed by atoms with Crippen molar-refractivity contribution in [1.82, 2.24) is 15.6 Å². The lowest BCUT2D eigenvalue weighted by Crippen LogP contribution is -2.53. The van der Waals surface area contributed by atoms with Gasteiger partial charge in [-0.25, -0.2) is 4.79 Å². The van der Waals surface area contributed by atoms with Crippen molar-refractivity contribution in [2.24, 2.45) is 17.3 Å². The van der Waals surface area contributed by atoms with Crippen LogP contribution in [0.4, 0.5) is 26.3 Å². The average Bonchev–Trinajstić information content (AvgIpc) is 3.67. The Balaban J connectivity index is 1.46. The lowest BCUT2D eigenvalue weighted by Gasteiger charge is -2.42. The molecule has 2 aromatic carbocycles. The number of ketones is 1. The van der Waals surface area contributed by atoms with Gasteiger partial charge in [-0.15, -0.1) is 0 Å². The minimum Gasteiger partial charge on any atom is -0.408 e. The Labute approximate surface area is 229 Å². The largest absolute Gasteiger partial charge is 0.417 e. The van der Waals surface area contributed by atoms with Crippen molar-refractivity contribution < 1.29 is 40.3 Å². The summed E-state index contributed by atoms with van der Waals surface area (Å²) in [5, 5.41) is 5.72. The quantitative estimate of drug-likeness (QED) is 0.242. The summed E-state index contributed by atoms with van der Waals surface area (Å²) < 4.78 is 85.1. The molecule has 0 radical (unpaired) electrons. The number of hydrogen-bond acceptors (Lipinski definition) is 5. The Kier molecular flexibility index (Phi) is 7.51. The highest BCUT2D eigenvalue weighted by Crippen LogP contribution is 2.47. The van der Waals surface area contributed by atoms with E-state index in [4.69, 9.17) is 4.42 Å². The third kappa shape index (κ3) is 6.19. The molecular weight excluding hydrogens is 556 g/mol. The summed E-state index contributed by atoms with van der Waals surface area (Å²) in [6, 6.07) is 5.67. The molecule has 220 valence electrons. The smallest absolute Gasteiger partial charge is 0.408 e. The Bertz CT molecular complexity index is 1480. The van der Waals surface area contributed by atoms with E-state index in [2.05, 4.69) is 15.6 Å². The first-order valence-corrected chi connectivity index (χ1v) is 13.2. The first kappa shape index (κ1) is 28.9. The standard InChI is InChI=1S/C28H27F6N3O4/c29-27(30,31)18-9-16(10-19(13-18)28(32,33)34)14-36-24(39)26(5-7-35-8-6-26)20(11-15-1-2-15)23(38)17-3-4-22-21(12-17)37-25(40)41-22/h3-4,9-10,12-13,15,20,35H,1-2,5-8,11,14H2,(H,36,39)(H,37,40). The van der Waals surface area contributed by atoms with Gasteiger partial charge >= 0.3 is 18.1 Å². The predicted octanol–water partition coefficient (Wildman–Crippen LogP) is 5.44. The second-order valence-electron chi connectivity index (χ2n) is 10.8. The minimum atomic E-state index is -5.02. The van der Waals surface area contributed by atoms with Crippen LogP contribution in [0.1, 0.15) is 59.2 Å². The zero-order valence-corrected chi connectivity index (χ0v) is 21.7. The fourth-order valence-corrected chi connectivity index (χ4v) is 5.66. The van der Waals surface area contributed by atoms with Crippen LogP contribution in [0, 0.1) is 17.3 Å². The van der Waals surface area contributed by atoms with Crippen LogP contribution in [0.3, 0.4) is 0 Å². The van der Waals surface area contributed by atoms with E-state index >= 15 is 0 Å². The van der Waals surface area contributed by atoms with Crippen molar-refractivity contribution >= 4 is 22.8 Å². The van der Waals surface area contributed by atoms with E-state index in [0.717, 1.165) is 12.8 Å². The van der Waals surface area contributed by atoms with Crippen molar-refractivity contribution in [1.29, 1.82) is 0 Å². The van der Waals surface area contributed by atoms with E-state index in [1.807, 2.05) is 0 Å². The van der Waals surface area contributed by atoms with Gasteiger partial charge in [0, 0.05) is 18.0 Å². The molecule has 3 N–H and O–H groups in total. The number of Topliss-reactive ketones (excluding diaryl/α,β-unsaturated/α-hetero) is 1. The molecule has 7 nitrogen and oxygen atoms in total. The van der Waals surface area contributed by atoms with E-state index in [0.29, 0.717) is 37.2 Å². The number of amides is 1. The van der Waals surface area contributed by atoms with Gasteiger partial charge in [-0.3, -0.25) is 14.6 Å². The van der Waals surface area contributed by atoms with E-state index in [1.165, 1.54) is 18.2 Å². The highest BCUT2D eigenvalue weighted by atomic mass is 19.4. The normalized spacial score (nSPS) is 18.3. The van der Waals surface area contributed by atoms with Gasteiger partial charge in [0.05, 0.1) is 22.1 Å². The monoisotopic (exact) mass is 583 g/mol. The summed E-state index contributed by atoms with van der Waals surface area (Å²) in [6.07, 6.45) is -7.34. The number of aromatic amines is 1. The van der Waals surface area contributed by atoms with Crippen molar-refractivity contribution in [3.05, 3.63) is 69.2 Å². The fraction of sp³-hybridized carbons (Fsp3) is 0.464. The Morgan fingerprint density at radius 1 is 0.976 bits per heavy atom. The van der Waals surface area contributed by atoms with Gasteiger partial charge in [0.2, 0.25) is 5.91 Å². The van der Waals surface area contributed by atoms with Crippen LogP contribution >= 0.6 is 0 Å². The summed E-state index contributed by atoms with van der Waals surface area (Å²) in [5.74, 6) is -2.17. The van der Waals surface area contributed by atoms with E-state index in [1.54, 1.807) is 0 Å². The van der Waals surface area contributed by atoms with Crippen LogP contribution in [0.5, 0.6) is 0 Å². The van der Waals surface area contributed by atoms with Crippen LogP contribution in [0.25, 0.3) is 11.1 Å². The van der Waals surface area contributed by atoms with Gasteiger partial charge in [-0.05, 0) is 80.2 Å². The molecule has 1 saturated carbocycles. The average molecular weight is 584 g/mol. The highest BCUT2D eigenvalue weighted by Gasteiger charge is 2.51. The maximum atomic E-state index is 14.0. The van der Waals surface area contributed by atoms with E-state index < -0.39 is 53.0 Å². The molecule has 1 aliphatic heterocycles. The zero-order valence-electron chi connectivity index (χ0n) is 21.7. The number of hydrogen-bond donors (Lipinski definition) is 3. The summed E-state index contributed by atoms with van der Waals surface area (Å²) in [4.78, 5) is 41.9. The molecule has 2 aliphatic rings. The van der Waals surface area contributed by atoms with Crippen molar-refractivity contribution in [2.45, 2.75) is 51.0 Å². The van der Waals surface area contributed by atoms with Gasteiger partial charge in [0.25, 0.3) is 0 Å². The molecule has 1 saturated heterocycles. The number of carbonyl (C=O) groups is 2. The Morgan fingerprint density at radius 2 is 1.61 bits per heavy atom. The molecule has 1 aromatic heterocycles. The number of alkyl halides is 6. The summed E-state index contributed by atoms with van der Waals surface area (Å²) in [5.41, 5.74) is -3.69. The number of H-pyrrole nitrogens is 1. The molecule has 0 bridgehead atoms. The van der Waals surface area contributed by atoms with E-state index in [9.17, 15) is 40.7 Å². The van der Waals surface area contributed by atoms with Gasteiger partial charge < -0.3 is 15.1 Å².